The predicted molar refractivity (Wildman–Crippen MR) is 108 cm³/mol. The van der Waals surface area contributed by atoms with E-state index >= 15 is 0 Å². The molecule has 1 unspecified atom stereocenters. The highest BCUT2D eigenvalue weighted by molar-refractivity contribution is 7.22. The van der Waals surface area contributed by atoms with Gasteiger partial charge in [0.05, 0.1) is 22.8 Å². The summed E-state index contributed by atoms with van der Waals surface area (Å²) in [5.41, 5.74) is 1.62. The van der Waals surface area contributed by atoms with Crippen LogP contribution in [0.4, 0.5) is 15.3 Å². The Morgan fingerprint density at radius 1 is 1.25 bits per heavy atom. The van der Waals surface area contributed by atoms with E-state index in [0.717, 1.165) is 5.56 Å². The smallest absolute Gasteiger partial charge is 0.243 e. The summed E-state index contributed by atoms with van der Waals surface area (Å²) >= 11 is 1.20. The van der Waals surface area contributed by atoms with Crippen LogP contribution in [0.15, 0.2) is 36.5 Å². The zero-order valence-corrected chi connectivity index (χ0v) is 16.5. The summed E-state index contributed by atoms with van der Waals surface area (Å²) < 4.78 is 13.9. The molecule has 9 heteroatoms. The van der Waals surface area contributed by atoms with E-state index in [4.69, 9.17) is 0 Å². The first-order chi connectivity index (χ1) is 13.3. The topological polar surface area (TPSA) is 87.2 Å². The van der Waals surface area contributed by atoms with Crippen molar-refractivity contribution in [2.45, 2.75) is 19.9 Å². The predicted octanol–water partition coefficient (Wildman–Crippen LogP) is 3.04. The van der Waals surface area contributed by atoms with Crippen LogP contribution in [-0.4, -0.2) is 46.3 Å². The molecule has 2 N–H and O–H groups in total. The lowest BCUT2D eigenvalue weighted by molar-refractivity contribution is -0.122. The van der Waals surface area contributed by atoms with Crippen LogP contribution in [0, 0.1) is 12.7 Å². The third kappa shape index (κ3) is 4.87. The first-order valence-electron chi connectivity index (χ1n) is 8.61. The zero-order valence-electron chi connectivity index (χ0n) is 15.7. The van der Waals surface area contributed by atoms with Crippen molar-refractivity contribution in [1.29, 1.82) is 0 Å². The van der Waals surface area contributed by atoms with Gasteiger partial charge in [-0.1, -0.05) is 17.4 Å². The maximum Gasteiger partial charge on any atom is 0.243 e. The molecule has 146 valence electrons. The molecule has 3 rings (SSSR count). The van der Waals surface area contributed by atoms with Gasteiger partial charge >= 0.3 is 0 Å². The van der Waals surface area contributed by atoms with Crippen molar-refractivity contribution in [2.75, 3.05) is 24.2 Å². The van der Waals surface area contributed by atoms with Crippen molar-refractivity contribution in [1.82, 2.24) is 14.9 Å². The summed E-state index contributed by atoms with van der Waals surface area (Å²) in [5, 5.41) is 5.81. The molecule has 0 saturated heterocycles. The molecule has 0 spiro atoms. The number of pyridine rings is 1. The van der Waals surface area contributed by atoms with Gasteiger partial charge in [0.2, 0.25) is 11.8 Å². The SMILES string of the molecule is Cc1ccc(NC(=O)CN(C)C(C)C(=O)Nc2nc3ccc(F)cc3s2)nc1. The largest absolute Gasteiger partial charge is 0.310 e. The number of anilines is 2. The van der Waals surface area contributed by atoms with Gasteiger partial charge in [-0.25, -0.2) is 14.4 Å². The van der Waals surface area contributed by atoms with Crippen LogP contribution >= 0.6 is 11.3 Å². The van der Waals surface area contributed by atoms with E-state index in [0.29, 0.717) is 21.2 Å². The highest BCUT2D eigenvalue weighted by Crippen LogP contribution is 2.26. The number of nitrogens with zero attached hydrogens (tertiary/aromatic N) is 3. The van der Waals surface area contributed by atoms with Crippen molar-refractivity contribution in [3.8, 4) is 0 Å². The lowest BCUT2D eigenvalue weighted by Crippen LogP contribution is -2.43. The van der Waals surface area contributed by atoms with Gasteiger partial charge in [-0.2, -0.15) is 0 Å². The number of hydrogen-bond acceptors (Lipinski definition) is 6. The normalized spacial score (nSPS) is 12.2. The number of rotatable bonds is 6. The minimum absolute atomic E-state index is 0.0230. The number of carbonyl (C=O) groups is 2. The lowest BCUT2D eigenvalue weighted by Gasteiger charge is -2.22. The first kappa shape index (κ1) is 19.8. The third-order valence-electron chi connectivity index (χ3n) is 4.19. The fraction of sp³-hybridized carbons (Fsp3) is 0.263. The maximum absolute atomic E-state index is 13.3. The molecule has 0 aliphatic heterocycles. The van der Waals surface area contributed by atoms with Gasteiger partial charge in [-0.15, -0.1) is 0 Å². The number of thiazole rings is 1. The molecule has 0 aliphatic rings. The zero-order chi connectivity index (χ0) is 20.3. The van der Waals surface area contributed by atoms with Crippen molar-refractivity contribution in [3.05, 3.63) is 47.9 Å². The summed E-state index contributed by atoms with van der Waals surface area (Å²) in [7, 11) is 1.68. The summed E-state index contributed by atoms with van der Waals surface area (Å²) in [4.78, 5) is 34.7. The molecule has 7 nitrogen and oxygen atoms in total. The number of nitrogens with one attached hydrogen (secondary N) is 2. The maximum atomic E-state index is 13.3. The molecule has 0 fully saturated rings. The van der Waals surface area contributed by atoms with Crippen LogP contribution in [0.5, 0.6) is 0 Å². The van der Waals surface area contributed by atoms with Crippen LogP contribution in [0.1, 0.15) is 12.5 Å². The molecule has 3 aromatic rings. The van der Waals surface area contributed by atoms with E-state index in [1.165, 1.54) is 23.5 Å². The third-order valence-corrected chi connectivity index (χ3v) is 5.13. The quantitative estimate of drug-likeness (QED) is 0.663. The molecule has 1 atom stereocenters. The Labute approximate surface area is 165 Å². The number of carbonyl (C=O) groups excluding carboxylic acids is 2. The van der Waals surface area contributed by atoms with E-state index < -0.39 is 6.04 Å². The number of aromatic nitrogens is 2. The van der Waals surface area contributed by atoms with Crippen LogP contribution in [0.2, 0.25) is 0 Å². The fourth-order valence-corrected chi connectivity index (χ4v) is 3.34. The standard InChI is InChI=1S/C19H20FN5O2S/c1-11-4-7-16(21-9-11)23-17(26)10-25(3)12(2)18(27)24-19-22-14-6-5-13(20)8-15(14)28-19/h4-9,12H,10H2,1-3H3,(H,21,23,26)(H,22,24,27). The minimum atomic E-state index is -0.569. The molecule has 1 aromatic carbocycles. The number of halogens is 1. The average molecular weight is 401 g/mol. The molecule has 0 aliphatic carbocycles. The van der Waals surface area contributed by atoms with Crippen molar-refractivity contribution in [2.24, 2.45) is 0 Å². The Balaban J connectivity index is 1.56. The Morgan fingerprint density at radius 2 is 2.04 bits per heavy atom. The van der Waals surface area contributed by atoms with Gasteiger partial charge in [0.25, 0.3) is 0 Å². The Bertz CT molecular complexity index is 1010. The Morgan fingerprint density at radius 3 is 2.75 bits per heavy atom. The number of fused-ring (bicyclic) bond motifs is 1. The Kier molecular flexibility index (Phi) is 5.96. The van der Waals surface area contributed by atoms with Crippen LogP contribution < -0.4 is 10.6 Å². The number of likely N-dealkylation sites (N-methyl/N-ethyl adjacent to an activating group) is 1. The van der Waals surface area contributed by atoms with Crippen molar-refractivity contribution >= 4 is 44.3 Å². The first-order valence-corrected chi connectivity index (χ1v) is 9.43. The molecule has 28 heavy (non-hydrogen) atoms. The molecular formula is C19H20FN5O2S. The molecule has 2 aromatic heterocycles. The second-order valence-corrected chi connectivity index (χ2v) is 7.51. The average Bonchev–Trinajstić information content (AvgIpc) is 3.04. The molecule has 0 bridgehead atoms. The summed E-state index contributed by atoms with van der Waals surface area (Å²) in [6, 6.07) is 7.27. The van der Waals surface area contributed by atoms with Gasteiger partial charge in [-0.3, -0.25) is 14.5 Å². The van der Waals surface area contributed by atoms with Gasteiger partial charge in [0.1, 0.15) is 11.6 Å². The van der Waals surface area contributed by atoms with E-state index in [1.54, 1.807) is 37.2 Å². The highest BCUT2D eigenvalue weighted by atomic mass is 32.1. The van der Waals surface area contributed by atoms with Gasteiger partial charge in [0.15, 0.2) is 5.13 Å². The number of aryl methyl sites for hydroxylation is 1. The molecular weight excluding hydrogens is 381 g/mol. The lowest BCUT2D eigenvalue weighted by atomic mass is 10.2. The van der Waals surface area contributed by atoms with Crippen LogP contribution in [0.25, 0.3) is 10.2 Å². The van der Waals surface area contributed by atoms with E-state index in [-0.39, 0.29) is 24.2 Å². The summed E-state index contributed by atoms with van der Waals surface area (Å²) in [6.45, 7) is 3.63. The monoisotopic (exact) mass is 401 g/mol. The molecule has 0 saturated carbocycles. The molecule has 2 amide bonds. The van der Waals surface area contributed by atoms with E-state index in [1.807, 2.05) is 13.0 Å². The van der Waals surface area contributed by atoms with E-state index in [9.17, 15) is 14.0 Å². The van der Waals surface area contributed by atoms with Gasteiger partial charge in [-0.05, 0) is 50.7 Å². The van der Waals surface area contributed by atoms with Gasteiger partial charge in [0, 0.05) is 6.20 Å². The number of benzene rings is 1. The van der Waals surface area contributed by atoms with E-state index in [2.05, 4.69) is 20.6 Å². The minimum Gasteiger partial charge on any atom is -0.310 e. The second-order valence-electron chi connectivity index (χ2n) is 6.48. The second kappa shape index (κ2) is 8.41. The number of hydrogen-bond donors (Lipinski definition) is 2. The summed E-state index contributed by atoms with van der Waals surface area (Å²) in [6.07, 6.45) is 1.67. The highest BCUT2D eigenvalue weighted by Gasteiger charge is 2.21. The van der Waals surface area contributed by atoms with Crippen LogP contribution in [0.3, 0.4) is 0 Å². The van der Waals surface area contributed by atoms with Crippen LogP contribution in [-0.2, 0) is 9.59 Å². The van der Waals surface area contributed by atoms with Crippen molar-refractivity contribution < 1.29 is 14.0 Å². The molecule has 0 radical (unpaired) electrons. The van der Waals surface area contributed by atoms with Crippen molar-refractivity contribution in [3.63, 3.8) is 0 Å². The number of amides is 2. The fourth-order valence-electron chi connectivity index (χ4n) is 2.45. The Hall–Kier alpha value is -2.91. The molecule has 2 heterocycles. The summed E-state index contributed by atoms with van der Waals surface area (Å²) in [5.74, 6) is -0.462. The van der Waals surface area contributed by atoms with Gasteiger partial charge < -0.3 is 10.6 Å².